The maximum absolute atomic E-state index is 13.3. The number of benzene rings is 2. The standard InChI is InChI=1S/C19H15ClFNO3/c1-2-15(23)16-17(11-6-8-13(21)9-7-11)22(19(25)18(16)24)14-5-3-4-12(20)10-14/h3-10,17,24H,2H2,1H3. The molecule has 6 heteroatoms. The summed E-state index contributed by atoms with van der Waals surface area (Å²) in [5.74, 6) is -2.04. The lowest BCUT2D eigenvalue weighted by molar-refractivity contribution is -0.118. The van der Waals surface area contributed by atoms with Gasteiger partial charge >= 0.3 is 0 Å². The summed E-state index contributed by atoms with van der Waals surface area (Å²) in [7, 11) is 0. The van der Waals surface area contributed by atoms with Crippen molar-refractivity contribution in [3.8, 4) is 0 Å². The smallest absolute Gasteiger partial charge is 0.294 e. The third-order valence-corrected chi connectivity index (χ3v) is 4.34. The number of ketones is 1. The van der Waals surface area contributed by atoms with Crippen molar-refractivity contribution in [2.75, 3.05) is 4.90 Å². The second-order valence-electron chi connectivity index (χ2n) is 5.65. The first-order valence-corrected chi connectivity index (χ1v) is 8.12. The Kier molecular flexibility index (Phi) is 4.59. The molecule has 0 spiro atoms. The first-order valence-electron chi connectivity index (χ1n) is 7.75. The zero-order chi connectivity index (χ0) is 18.1. The van der Waals surface area contributed by atoms with Crippen LogP contribution >= 0.6 is 11.6 Å². The minimum absolute atomic E-state index is 0.0130. The quantitative estimate of drug-likeness (QED) is 0.882. The van der Waals surface area contributed by atoms with Crippen LogP contribution in [0.15, 0.2) is 59.9 Å². The highest BCUT2D eigenvalue weighted by atomic mass is 35.5. The molecule has 0 saturated carbocycles. The molecule has 2 aromatic carbocycles. The number of Topliss-reactive ketones (excluding diaryl/α,β-unsaturated/α-hetero) is 1. The third-order valence-electron chi connectivity index (χ3n) is 4.10. The Morgan fingerprint density at radius 1 is 1.24 bits per heavy atom. The number of carbonyl (C=O) groups is 2. The fourth-order valence-electron chi connectivity index (χ4n) is 2.93. The third kappa shape index (κ3) is 3.03. The van der Waals surface area contributed by atoms with Crippen LogP contribution < -0.4 is 4.90 Å². The molecule has 1 amide bonds. The Hall–Kier alpha value is -2.66. The first kappa shape index (κ1) is 17.2. The van der Waals surface area contributed by atoms with Crippen LogP contribution in [-0.4, -0.2) is 16.8 Å². The number of amides is 1. The molecule has 3 rings (SSSR count). The van der Waals surface area contributed by atoms with Crippen molar-refractivity contribution in [3.05, 3.63) is 76.3 Å². The summed E-state index contributed by atoms with van der Waals surface area (Å²) in [4.78, 5) is 26.3. The Balaban J connectivity index is 2.18. The lowest BCUT2D eigenvalue weighted by Gasteiger charge is -2.27. The molecule has 2 aromatic rings. The van der Waals surface area contributed by atoms with Gasteiger partial charge in [-0.1, -0.05) is 36.7 Å². The average Bonchev–Trinajstić information content (AvgIpc) is 2.86. The average molecular weight is 360 g/mol. The molecule has 128 valence electrons. The minimum Gasteiger partial charge on any atom is -0.503 e. The largest absolute Gasteiger partial charge is 0.503 e. The predicted octanol–water partition coefficient (Wildman–Crippen LogP) is 4.36. The maximum atomic E-state index is 13.3. The van der Waals surface area contributed by atoms with Crippen LogP contribution in [0.1, 0.15) is 24.9 Å². The number of aliphatic hydroxyl groups excluding tert-OH is 1. The number of hydrogen-bond donors (Lipinski definition) is 1. The molecule has 25 heavy (non-hydrogen) atoms. The van der Waals surface area contributed by atoms with E-state index < -0.39 is 23.5 Å². The van der Waals surface area contributed by atoms with Crippen molar-refractivity contribution < 1.29 is 19.1 Å². The summed E-state index contributed by atoms with van der Waals surface area (Å²) in [6.45, 7) is 1.65. The fraction of sp³-hybridized carbons (Fsp3) is 0.158. The second kappa shape index (κ2) is 6.69. The molecule has 0 radical (unpaired) electrons. The monoisotopic (exact) mass is 359 g/mol. The molecular formula is C19H15ClFNO3. The van der Waals surface area contributed by atoms with E-state index in [9.17, 15) is 19.1 Å². The van der Waals surface area contributed by atoms with Gasteiger partial charge in [-0.3, -0.25) is 14.5 Å². The highest BCUT2D eigenvalue weighted by Gasteiger charge is 2.43. The number of aliphatic hydroxyl groups is 1. The fourth-order valence-corrected chi connectivity index (χ4v) is 3.12. The van der Waals surface area contributed by atoms with Gasteiger partial charge in [0.15, 0.2) is 11.5 Å². The zero-order valence-corrected chi connectivity index (χ0v) is 14.1. The van der Waals surface area contributed by atoms with E-state index in [0.29, 0.717) is 16.3 Å². The van der Waals surface area contributed by atoms with Gasteiger partial charge in [-0.15, -0.1) is 0 Å². The molecule has 1 aliphatic heterocycles. The van der Waals surface area contributed by atoms with Crippen molar-refractivity contribution >= 4 is 29.0 Å². The predicted molar refractivity (Wildman–Crippen MR) is 93.0 cm³/mol. The van der Waals surface area contributed by atoms with Gasteiger partial charge < -0.3 is 5.11 Å². The number of carbonyl (C=O) groups excluding carboxylic acids is 2. The Morgan fingerprint density at radius 3 is 2.52 bits per heavy atom. The summed E-state index contributed by atoms with van der Waals surface area (Å²) in [5, 5.41) is 10.7. The molecule has 1 N–H and O–H groups in total. The van der Waals surface area contributed by atoms with Crippen molar-refractivity contribution in [1.82, 2.24) is 0 Å². The lowest BCUT2D eigenvalue weighted by atomic mass is 9.95. The van der Waals surface area contributed by atoms with E-state index in [4.69, 9.17) is 11.6 Å². The lowest BCUT2D eigenvalue weighted by Crippen LogP contribution is -2.31. The van der Waals surface area contributed by atoms with Gasteiger partial charge in [0.25, 0.3) is 5.91 Å². The van der Waals surface area contributed by atoms with Crippen molar-refractivity contribution in [2.45, 2.75) is 19.4 Å². The van der Waals surface area contributed by atoms with Crippen LogP contribution in [-0.2, 0) is 9.59 Å². The van der Waals surface area contributed by atoms with Gasteiger partial charge in [0.2, 0.25) is 0 Å². The van der Waals surface area contributed by atoms with Gasteiger partial charge in [-0.2, -0.15) is 0 Å². The molecule has 0 aromatic heterocycles. The molecule has 0 saturated heterocycles. The number of halogens is 2. The minimum atomic E-state index is -0.834. The van der Waals surface area contributed by atoms with E-state index in [1.165, 1.54) is 29.2 Å². The first-order chi connectivity index (χ1) is 11.9. The maximum Gasteiger partial charge on any atom is 0.294 e. The summed E-state index contributed by atoms with van der Waals surface area (Å²) >= 11 is 6.02. The second-order valence-corrected chi connectivity index (χ2v) is 6.08. The van der Waals surface area contributed by atoms with Gasteiger partial charge in [0, 0.05) is 17.1 Å². The SMILES string of the molecule is CCC(=O)C1=C(O)C(=O)N(c2cccc(Cl)c2)C1c1ccc(F)cc1. The van der Waals surface area contributed by atoms with E-state index in [2.05, 4.69) is 0 Å². The van der Waals surface area contributed by atoms with E-state index in [0.717, 1.165) is 0 Å². The molecule has 1 aliphatic rings. The molecule has 0 fully saturated rings. The number of hydrogen-bond acceptors (Lipinski definition) is 3. The van der Waals surface area contributed by atoms with E-state index in [1.54, 1.807) is 31.2 Å². The van der Waals surface area contributed by atoms with Gasteiger partial charge in [-0.05, 0) is 35.9 Å². The summed E-state index contributed by atoms with van der Waals surface area (Å²) in [6.07, 6.45) is 0.133. The highest BCUT2D eigenvalue weighted by Crippen LogP contribution is 2.41. The Labute approximate surface area is 149 Å². The molecule has 4 nitrogen and oxygen atoms in total. The van der Waals surface area contributed by atoms with Gasteiger partial charge in [-0.25, -0.2) is 4.39 Å². The zero-order valence-electron chi connectivity index (χ0n) is 13.4. The van der Waals surface area contributed by atoms with Crippen LogP contribution in [0.2, 0.25) is 5.02 Å². The molecule has 0 bridgehead atoms. The van der Waals surface area contributed by atoms with Crippen LogP contribution in [0.3, 0.4) is 0 Å². The van der Waals surface area contributed by atoms with Crippen LogP contribution in [0, 0.1) is 5.82 Å². The number of rotatable bonds is 4. The topological polar surface area (TPSA) is 57.6 Å². The summed E-state index contributed by atoms with van der Waals surface area (Å²) in [5.41, 5.74) is 0.979. The molecule has 1 atom stereocenters. The van der Waals surface area contributed by atoms with E-state index in [1.807, 2.05) is 0 Å². The normalized spacial score (nSPS) is 17.3. The number of anilines is 1. The van der Waals surface area contributed by atoms with Crippen LogP contribution in [0.25, 0.3) is 0 Å². The Bertz CT molecular complexity index is 876. The van der Waals surface area contributed by atoms with Crippen molar-refractivity contribution in [2.24, 2.45) is 0 Å². The van der Waals surface area contributed by atoms with Crippen LogP contribution in [0.5, 0.6) is 0 Å². The van der Waals surface area contributed by atoms with E-state index >= 15 is 0 Å². The van der Waals surface area contributed by atoms with Crippen molar-refractivity contribution in [1.29, 1.82) is 0 Å². The van der Waals surface area contributed by atoms with E-state index in [-0.39, 0.29) is 17.8 Å². The molecule has 0 aliphatic carbocycles. The van der Waals surface area contributed by atoms with Crippen LogP contribution in [0.4, 0.5) is 10.1 Å². The number of nitrogens with zero attached hydrogens (tertiary/aromatic N) is 1. The van der Waals surface area contributed by atoms with Crippen molar-refractivity contribution in [3.63, 3.8) is 0 Å². The highest BCUT2D eigenvalue weighted by molar-refractivity contribution is 6.31. The summed E-state index contributed by atoms with van der Waals surface area (Å²) in [6, 6.07) is 11.2. The Morgan fingerprint density at radius 2 is 1.92 bits per heavy atom. The van der Waals surface area contributed by atoms with Gasteiger partial charge in [0.1, 0.15) is 5.82 Å². The molecular weight excluding hydrogens is 345 g/mol. The summed E-state index contributed by atoms with van der Waals surface area (Å²) < 4.78 is 13.3. The van der Waals surface area contributed by atoms with Gasteiger partial charge in [0.05, 0.1) is 11.6 Å². The molecule has 1 unspecified atom stereocenters. The molecule has 1 heterocycles.